The van der Waals surface area contributed by atoms with Crippen molar-refractivity contribution in [3.63, 3.8) is 0 Å². The van der Waals surface area contributed by atoms with Crippen LogP contribution >= 0.6 is 0 Å². The molecule has 0 aliphatic rings. The van der Waals surface area contributed by atoms with Gasteiger partial charge in [0, 0.05) is 17.8 Å². The molecule has 2 aromatic rings. The number of carbonyl (C=O) groups excluding carboxylic acids is 2. The highest BCUT2D eigenvalue weighted by molar-refractivity contribution is 6.43. The van der Waals surface area contributed by atoms with Crippen LogP contribution in [0.2, 0.25) is 0 Å². The van der Waals surface area contributed by atoms with Gasteiger partial charge in [0.25, 0.3) is 5.69 Å². The van der Waals surface area contributed by atoms with Crippen molar-refractivity contribution in [1.29, 1.82) is 0 Å². The predicted octanol–water partition coefficient (Wildman–Crippen LogP) is 3.19. The fraction of sp³-hybridized carbons (Fsp3) is 0.0667. The molecular weight excluding hydrogens is 343 g/mol. The monoisotopic (exact) mass is 353 g/mol. The Labute approximate surface area is 138 Å². The maximum absolute atomic E-state index is 12.9. The van der Waals surface area contributed by atoms with Gasteiger partial charge in [0.1, 0.15) is 0 Å². The van der Waals surface area contributed by atoms with Gasteiger partial charge < -0.3 is 10.6 Å². The van der Waals surface area contributed by atoms with Crippen LogP contribution in [0.3, 0.4) is 0 Å². The minimum Gasteiger partial charge on any atom is -0.318 e. The second-order valence-electron chi connectivity index (χ2n) is 4.76. The van der Waals surface area contributed by atoms with Crippen LogP contribution in [0, 0.1) is 10.1 Å². The molecule has 0 spiro atoms. The van der Waals surface area contributed by atoms with E-state index in [1.54, 1.807) is 0 Å². The van der Waals surface area contributed by atoms with Crippen molar-refractivity contribution in [2.45, 2.75) is 6.18 Å². The molecular formula is C15H10F3N3O4. The Bertz CT molecular complexity index is 837. The molecule has 0 aromatic heterocycles. The molecule has 7 nitrogen and oxygen atoms in total. The number of benzene rings is 2. The summed E-state index contributed by atoms with van der Waals surface area (Å²) in [5.74, 6) is -2.61. The van der Waals surface area contributed by atoms with Crippen LogP contribution in [-0.2, 0) is 15.8 Å². The molecule has 0 aliphatic heterocycles. The van der Waals surface area contributed by atoms with E-state index >= 15 is 0 Å². The number of anilines is 2. The molecule has 0 aliphatic carbocycles. The van der Waals surface area contributed by atoms with E-state index in [1.165, 1.54) is 24.3 Å². The predicted molar refractivity (Wildman–Crippen MR) is 81.8 cm³/mol. The molecule has 0 atom stereocenters. The molecule has 2 aromatic carbocycles. The van der Waals surface area contributed by atoms with Gasteiger partial charge in [-0.05, 0) is 18.2 Å². The first-order chi connectivity index (χ1) is 11.7. The number of halogens is 3. The lowest BCUT2D eigenvalue weighted by atomic mass is 10.1. The molecule has 2 amide bonds. The first-order valence-corrected chi connectivity index (χ1v) is 6.71. The number of nitro groups is 1. The van der Waals surface area contributed by atoms with Gasteiger partial charge >= 0.3 is 18.0 Å². The van der Waals surface area contributed by atoms with Crippen molar-refractivity contribution in [2.75, 3.05) is 10.6 Å². The number of hydrogen-bond donors (Lipinski definition) is 2. The van der Waals surface area contributed by atoms with Gasteiger partial charge in [-0.25, -0.2) is 0 Å². The SMILES string of the molecule is O=C(Nc1cccc([N+](=O)[O-])c1)C(=O)Nc1ccccc1C(F)(F)F. The second kappa shape index (κ2) is 6.99. The third-order valence-corrected chi connectivity index (χ3v) is 3.00. The highest BCUT2D eigenvalue weighted by atomic mass is 19.4. The highest BCUT2D eigenvalue weighted by Crippen LogP contribution is 2.34. The minimum absolute atomic E-state index is 0.0431. The van der Waals surface area contributed by atoms with Crippen LogP contribution in [0.15, 0.2) is 48.5 Å². The zero-order valence-corrected chi connectivity index (χ0v) is 12.3. The summed E-state index contributed by atoms with van der Waals surface area (Å²) in [7, 11) is 0. The van der Waals surface area contributed by atoms with Gasteiger partial charge in [0.2, 0.25) is 0 Å². The number of carbonyl (C=O) groups is 2. The molecule has 25 heavy (non-hydrogen) atoms. The number of nitrogens with zero attached hydrogens (tertiary/aromatic N) is 1. The van der Waals surface area contributed by atoms with Crippen LogP contribution in [-0.4, -0.2) is 16.7 Å². The number of non-ortho nitro benzene ring substituents is 1. The average Bonchev–Trinajstić information content (AvgIpc) is 2.54. The van der Waals surface area contributed by atoms with E-state index in [0.717, 1.165) is 24.3 Å². The van der Waals surface area contributed by atoms with E-state index in [1.807, 2.05) is 5.32 Å². The number of para-hydroxylation sites is 1. The summed E-state index contributed by atoms with van der Waals surface area (Å²) in [6.07, 6.45) is -4.71. The van der Waals surface area contributed by atoms with Gasteiger partial charge in [0.05, 0.1) is 16.2 Å². The molecule has 2 rings (SSSR count). The molecule has 130 valence electrons. The van der Waals surface area contributed by atoms with E-state index in [4.69, 9.17) is 0 Å². The fourth-order valence-corrected chi connectivity index (χ4v) is 1.90. The minimum atomic E-state index is -4.71. The van der Waals surface area contributed by atoms with E-state index in [9.17, 15) is 32.9 Å². The second-order valence-corrected chi connectivity index (χ2v) is 4.76. The zero-order valence-electron chi connectivity index (χ0n) is 12.3. The van der Waals surface area contributed by atoms with Crippen molar-refractivity contribution in [2.24, 2.45) is 0 Å². The zero-order chi connectivity index (χ0) is 18.6. The lowest BCUT2D eigenvalue weighted by Crippen LogP contribution is -2.30. The van der Waals surface area contributed by atoms with Crippen molar-refractivity contribution < 1.29 is 27.7 Å². The Morgan fingerprint density at radius 1 is 0.960 bits per heavy atom. The molecule has 0 saturated carbocycles. The Morgan fingerprint density at radius 3 is 2.24 bits per heavy atom. The van der Waals surface area contributed by atoms with E-state index in [0.29, 0.717) is 0 Å². The van der Waals surface area contributed by atoms with E-state index < -0.39 is 34.2 Å². The van der Waals surface area contributed by atoms with Crippen molar-refractivity contribution in [3.8, 4) is 0 Å². The van der Waals surface area contributed by atoms with Crippen LogP contribution in [0.1, 0.15) is 5.56 Å². The van der Waals surface area contributed by atoms with E-state index in [2.05, 4.69) is 5.32 Å². The van der Waals surface area contributed by atoms with Crippen LogP contribution in [0.25, 0.3) is 0 Å². The maximum atomic E-state index is 12.9. The summed E-state index contributed by atoms with van der Waals surface area (Å²) >= 11 is 0. The van der Waals surface area contributed by atoms with Crippen LogP contribution in [0.4, 0.5) is 30.2 Å². The number of nitro benzene ring substituents is 1. The van der Waals surface area contributed by atoms with Crippen molar-refractivity contribution >= 4 is 28.9 Å². The summed E-state index contributed by atoms with van der Waals surface area (Å²) in [5, 5.41) is 14.6. The smallest absolute Gasteiger partial charge is 0.318 e. The first kappa shape index (κ1) is 17.9. The summed E-state index contributed by atoms with van der Waals surface area (Å²) in [5.41, 5.74) is -2.04. The number of rotatable bonds is 3. The topological polar surface area (TPSA) is 101 Å². The summed E-state index contributed by atoms with van der Waals surface area (Å²) < 4.78 is 38.6. The summed E-state index contributed by atoms with van der Waals surface area (Å²) in [6, 6.07) is 8.93. The Balaban J connectivity index is 2.13. The molecule has 0 fully saturated rings. The molecule has 10 heteroatoms. The standard InChI is InChI=1S/C15H10F3N3O4/c16-15(17,18)11-6-1-2-7-12(11)20-14(23)13(22)19-9-4-3-5-10(8-9)21(24)25/h1-8H,(H,19,22)(H,20,23). The number of alkyl halides is 3. The normalized spacial score (nSPS) is 10.8. The maximum Gasteiger partial charge on any atom is 0.418 e. The summed E-state index contributed by atoms with van der Waals surface area (Å²) in [6.45, 7) is 0. The number of amides is 2. The van der Waals surface area contributed by atoms with E-state index in [-0.39, 0.29) is 11.4 Å². The highest BCUT2D eigenvalue weighted by Gasteiger charge is 2.34. The quantitative estimate of drug-likeness (QED) is 0.503. The Hall–Kier alpha value is -3.43. The van der Waals surface area contributed by atoms with Gasteiger partial charge in [-0.2, -0.15) is 13.2 Å². The molecule has 0 radical (unpaired) electrons. The third kappa shape index (κ3) is 4.53. The molecule has 0 heterocycles. The Kier molecular flexibility index (Phi) is 5.01. The van der Waals surface area contributed by atoms with Gasteiger partial charge in [-0.1, -0.05) is 18.2 Å². The van der Waals surface area contributed by atoms with Crippen LogP contribution < -0.4 is 10.6 Å². The van der Waals surface area contributed by atoms with Crippen molar-refractivity contribution in [3.05, 3.63) is 64.2 Å². The average molecular weight is 353 g/mol. The van der Waals surface area contributed by atoms with Crippen LogP contribution in [0.5, 0.6) is 0 Å². The lowest BCUT2D eigenvalue weighted by Gasteiger charge is -2.13. The van der Waals surface area contributed by atoms with Gasteiger partial charge in [-0.3, -0.25) is 19.7 Å². The van der Waals surface area contributed by atoms with Gasteiger partial charge in [-0.15, -0.1) is 0 Å². The molecule has 0 bridgehead atoms. The number of nitrogens with one attached hydrogen (secondary N) is 2. The third-order valence-electron chi connectivity index (χ3n) is 3.00. The summed E-state index contributed by atoms with van der Waals surface area (Å²) in [4.78, 5) is 33.5. The first-order valence-electron chi connectivity index (χ1n) is 6.71. The lowest BCUT2D eigenvalue weighted by molar-refractivity contribution is -0.384. The number of hydrogen-bond acceptors (Lipinski definition) is 4. The van der Waals surface area contributed by atoms with Crippen molar-refractivity contribution in [1.82, 2.24) is 0 Å². The molecule has 2 N–H and O–H groups in total. The fourth-order valence-electron chi connectivity index (χ4n) is 1.90. The Morgan fingerprint density at radius 2 is 1.60 bits per heavy atom. The molecule has 0 saturated heterocycles. The molecule has 0 unspecified atom stereocenters. The largest absolute Gasteiger partial charge is 0.418 e. The van der Waals surface area contributed by atoms with Gasteiger partial charge in [0.15, 0.2) is 0 Å².